The second-order valence-corrected chi connectivity index (χ2v) is 5.22. The highest BCUT2D eigenvalue weighted by atomic mass is 16.5. The minimum Gasteiger partial charge on any atom is -0.495 e. The van der Waals surface area contributed by atoms with Gasteiger partial charge in [0.05, 0.1) is 12.8 Å². The molecule has 0 aliphatic carbocycles. The highest BCUT2D eigenvalue weighted by Gasteiger charge is 2.16. The summed E-state index contributed by atoms with van der Waals surface area (Å²) in [5.74, 6) is 0.915. The molecule has 0 saturated carbocycles. The van der Waals surface area contributed by atoms with Crippen LogP contribution < -0.4 is 15.4 Å². The first-order valence-corrected chi connectivity index (χ1v) is 7.04. The van der Waals surface area contributed by atoms with Gasteiger partial charge < -0.3 is 15.4 Å². The summed E-state index contributed by atoms with van der Waals surface area (Å²) in [4.78, 5) is 2.52. The van der Waals surface area contributed by atoms with Crippen molar-refractivity contribution in [3.05, 3.63) is 23.8 Å². The molecule has 106 valence electrons. The number of hydrogen-bond donors (Lipinski definition) is 2. The maximum Gasteiger partial charge on any atom is 0.141 e. The predicted molar refractivity (Wildman–Crippen MR) is 80.1 cm³/mol. The molecule has 2 rings (SSSR count). The second kappa shape index (κ2) is 6.78. The number of aryl methyl sites for hydroxylation is 1. The molecule has 0 spiro atoms. The van der Waals surface area contributed by atoms with Crippen LogP contribution >= 0.6 is 0 Å². The Morgan fingerprint density at radius 3 is 2.79 bits per heavy atom. The molecule has 1 aromatic rings. The molecule has 1 aliphatic heterocycles. The summed E-state index contributed by atoms with van der Waals surface area (Å²) in [6.07, 6.45) is 0. The van der Waals surface area contributed by atoms with Crippen molar-refractivity contribution in [3.63, 3.8) is 0 Å². The molecule has 1 atom stereocenters. The minimum absolute atomic E-state index is 0.535. The molecule has 1 fully saturated rings. The van der Waals surface area contributed by atoms with Crippen molar-refractivity contribution < 1.29 is 4.74 Å². The van der Waals surface area contributed by atoms with Crippen molar-refractivity contribution in [3.8, 4) is 5.75 Å². The largest absolute Gasteiger partial charge is 0.495 e. The van der Waals surface area contributed by atoms with Gasteiger partial charge in [-0.15, -0.1) is 0 Å². The second-order valence-electron chi connectivity index (χ2n) is 5.22. The fourth-order valence-electron chi connectivity index (χ4n) is 2.47. The lowest BCUT2D eigenvalue weighted by molar-refractivity contribution is 0.191. The molecule has 19 heavy (non-hydrogen) atoms. The summed E-state index contributed by atoms with van der Waals surface area (Å²) < 4.78 is 5.39. The van der Waals surface area contributed by atoms with E-state index in [-0.39, 0.29) is 0 Å². The molecule has 0 amide bonds. The molecule has 1 aromatic carbocycles. The average Bonchev–Trinajstić information content (AvgIpc) is 2.46. The SMILES string of the molecule is COc1ccc(C)cc1NCC(C)N1CCNCC1. The molecule has 4 heteroatoms. The normalized spacial score (nSPS) is 18.1. The molecule has 0 bridgehead atoms. The van der Waals surface area contributed by atoms with Crippen molar-refractivity contribution >= 4 is 5.69 Å². The molecule has 1 saturated heterocycles. The van der Waals surface area contributed by atoms with Crippen LogP contribution in [-0.2, 0) is 0 Å². The predicted octanol–water partition coefficient (Wildman–Crippen LogP) is 1.71. The fourth-order valence-corrected chi connectivity index (χ4v) is 2.47. The smallest absolute Gasteiger partial charge is 0.141 e. The number of methoxy groups -OCH3 is 1. The Hall–Kier alpha value is -1.26. The van der Waals surface area contributed by atoms with Crippen LogP contribution in [0, 0.1) is 6.92 Å². The van der Waals surface area contributed by atoms with Crippen molar-refractivity contribution in [2.45, 2.75) is 19.9 Å². The fraction of sp³-hybridized carbons (Fsp3) is 0.600. The molecule has 1 heterocycles. The number of hydrogen-bond acceptors (Lipinski definition) is 4. The quantitative estimate of drug-likeness (QED) is 0.848. The average molecular weight is 263 g/mol. The molecule has 4 nitrogen and oxygen atoms in total. The lowest BCUT2D eigenvalue weighted by Gasteiger charge is -2.33. The summed E-state index contributed by atoms with van der Waals surface area (Å²) in [5.41, 5.74) is 2.34. The maximum absolute atomic E-state index is 5.39. The van der Waals surface area contributed by atoms with Gasteiger partial charge in [-0.25, -0.2) is 0 Å². The van der Waals surface area contributed by atoms with Gasteiger partial charge in [-0.1, -0.05) is 6.07 Å². The third-order valence-corrected chi connectivity index (χ3v) is 3.72. The maximum atomic E-state index is 5.39. The Morgan fingerprint density at radius 1 is 1.37 bits per heavy atom. The first kappa shape index (κ1) is 14.2. The van der Waals surface area contributed by atoms with E-state index in [2.05, 4.69) is 41.5 Å². The zero-order valence-electron chi connectivity index (χ0n) is 12.2. The van der Waals surface area contributed by atoms with Crippen LogP contribution in [0.15, 0.2) is 18.2 Å². The van der Waals surface area contributed by atoms with Gasteiger partial charge in [0.25, 0.3) is 0 Å². The van der Waals surface area contributed by atoms with Gasteiger partial charge in [0.15, 0.2) is 0 Å². The standard InChI is InChI=1S/C15H25N3O/c1-12-4-5-15(19-3)14(10-12)17-11-13(2)18-8-6-16-7-9-18/h4-5,10,13,16-17H,6-9,11H2,1-3H3. The molecule has 0 radical (unpaired) electrons. The minimum atomic E-state index is 0.535. The Bertz CT molecular complexity index is 402. The van der Waals surface area contributed by atoms with E-state index in [1.807, 2.05) is 6.07 Å². The lowest BCUT2D eigenvalue weighted by Crippen LogP contribution is -2.49. The number of benzene rings is 1. The first-order valence-electron chi connectivity index (χ1n) is 7.04. The number of nitrogens with one attached hydrogen (secondary N) is 2. The lowest BCUT2D eigenvalue weighted by atomic mass is 10.2. The van der Waals surface area contributed by atoms with E-state index >= 15 is 0 Å². The van der Waals surface area contributed by atoms with E-state index in [0.29, 0.717) is 6.04 Å². The Kier molecular flexibility index (Phi) is 5.05. The Labute approximate surface area is 116 Å². The van der Waals surface area contributed by atoms with Crippen LogP contribution in [0.2, 0.25) is 0 Å². The zero-order valence-corrected chi connectivity index (χ0v) is 12.2. The van der Waals surface area contributed by atoms with Crippen LogP contribution in [0.25, 0.3) is 0 Å². The van der Waals surface area contributed by atoms with Gasteiger partial charge in [-0.2, -0.15) is 0 Å². The highest BCUT2D eigenvalue weighted by molar-refractivity contribution is 5.58. The van der Waals surface area contributed by atoms with Crippen LogP contribution in [-0.4, -0.2) is 50.8 Å². The summed E-state index contributed by atoms with van der Waals surface area (Å²) in [6, 6.07) is 6.77. The highest BCUT2D eigenvalue weighted by Crippen LogP contribution is 2.25. The molecular weight excluding hydrogens is 238 g/mol. The van der Waals surface area contributed by atoms with Gasteiger partial charge in [0.2, 0.25) is 0 Å². The molecule has 0 aromatic heterocycles. The van der Waals surface area contributed by atoms with Crippen LogP contribution in [0.5, 0.6) is 5.75 Å². The number of piperazine rings is 1. The van der Waals surface area contributed by atoms with E-state index in [1.165, 1.54) is 5.56 Å². The van der Waals surface area contributed by atoms with Gasteiger partial charge >= 0.3 is 0 Å². The van der Waals surface area contributed by atoms with Gasteiger partial charge in [-0.05, 0) is 31.5 Å². The van der Waals surface area contributed by atoms with E-state index in [1.54, 1.807) is 7.11 Å². The third-order valence-electron chi connectivity index (χ3n) is 3.72. The topological polar surface area (TPSA) is 36.5 Å². The van der Waals surface area contributed by atoms with Crippen molar-refractivity contribution in [1.82, 2.24) is 10.2 Å². The van der Waals surface area contributed by atoms with Gasteiger partial charge in [-0.3, -0.25) is 4.90 Å². The van der Waals surface area contributed by atoms with Crippen molar-refractivity contribution in [2.24, 2.45) is 0 Å². The van der Waals surface area contributed by atoms with Crippen LogP contribution in [0.3, 0.4) is 0 Å². The third kappa shape index (κ3) is 3.85. The molecule has 2 N–H and O–H groups in total. The summed E-state index contributed by atoms with van der Waals surface area (Å²) in [5, 5.41) is 6.90. The zero-order chi connectivity index (χ0) is 13.7. The van der Waals surface area contributed by atoms with Crippen LogP contribution in [0.1, 0.15) is 12.5 Å². The van der Waals surface area contributed by atoms with E-state index < -0.39 is 0 Å². The monoisotopic (exact) mass is 263 g/mol. The number of ether oxygens (including phenoxy) is 1. The van der Waals surface area contributed by atoms with E-state index in [9.17, 15) is 0 Å². The summed E-state index contributed by atoms with van der Waals surface area (Å²) in [6.45, 7) is 9.78. The van der Waals surface area contributed by atoms with E-state index in [4.69, 9.17) is 4.74 Å². The van der Waals surface area contributed by atoms with Crippen molar-refractivity contribution in [1.29, 1.82) is 0 Å². The Morgan fingerprint density at radius 2 is 2.11 bits per heavy atom. The molecule has 1 aliphatic rings. The van der Waals surface area contributed by atoms with Crippen LogP contribution in [0.4, 0.5) is 5.69 Å². The van der Waals surface area contributed by atoms with E-state index in [0.717, 1.165) is 44.2 Å². The summed E-state index contributed by atoms with van der Waals surface area (Å²) in [7, 11) is 1.72. The van der Waals surface area contributed by atoms with Crippen molar-refractivity contribution in [2.75, 3.05) is 45.2 Å². The summed E-state index contributed by atoms with van der Waals surface area (Å²) >= 11 is 0. The van der Waals surface area contributed by atoms with Gasteiger partial charge in [0, 0.05) is 38.8 Å². The number of nitrogens with zero attached hydrogens (tertiary/aromatic N) is 1. The number of rotatable bonds is 5. The molecular formula is C15H25N3O. The number of anilines is 1. The first-order chi connectivity index (χ1) is 9.20. The Balaban J connectivity index is 1.92. The van der Waals surface area contributed by atoms with Gasteiger partial charge in [0.1, 0.15) is 5.75 Å². The molecule has 1 unspecified atom stereocenters.